The molecule has 1 atom stereocenters. The summed E-state index contributed by atoms with van der Waals surface area (Å²) in [5, 5.41) is 7.35. The Balaban J connectivity index is 1.58. The molecule has 0 bridgehead atoms. The van der Waals surface area contributed by atoms with Crippen LogP contribution in [0.1, 0.15) is 23.6 Å². The third-order valence-electron chi connectivity index (χ3n) is 7.24. The van der Waals surface area contributed by atoms with Crippen molar-refractivity contribution < 1.29 is 14.3 Å². The molecule has 0 saturated heterocycles. The number of fused-ring (bicyclic) bond motifs is 2. The van der Waals surface area contributed by atoms with Crippen molar-refractivity contribution >= 4 is 33.4 Å². The van der Waals surface area contributed by atoms with E-state index in [4.69, 9.17) is 4.74 Å². The van der Waals surface area contributed by atoms with Gasteiger partial charge < -0.3 is 10.1 Å². The second-order valence-electron chi connectivity index (χ2n) is 9.41. The molecule has 0 fully saturated rings. The van der Waals surface area contributed by atoms with Crippen LogP contribution in [0.3, 0.4) is 0 Å². The van der Waals surface area contributed by atoms with Crippen molar-refractivity contribution in [1.29, 1.82) is 0 Å². The average Bonchev–Trinajstić information content (AvgIpc) is 2.96. The van der Waals surface area contributed by atoms with Crippen molar-refractivity contribution in [2.45, 2.75) is 24.8 Å². The molecular weight excluding hydrogens is 458 g/mol. The zero-order valence-electron chi connectivity index (χ0n) is 21.0. The minimum atomic E-state index is -1.00. The fraction of sp³-hybridized carbons (Fsp3) is 0.152. The van der Waals surface area contributed by atoms with Gasteiger partial charge in [0.1, 0.15) is 6.04 Å². The second kappa shape index (κ2) is 10.3. The third kappa shape index (κ3) is 4.58. The molecule has 0 heterocycles. The van der Waals surface area contributed by atoms with E-state index in [1.165, 1.54) is 7.11 Å². The number of methoxy groups -OCH3 is 1. The topological polar surface area (TPSA) is 55.4 Å². The minimum Gasteiger partial charge on any atom is -0.467 e. The van der Waals surface area contributed by atoms with Crippen LogP contribution in [0, 0.1) is 0 Å². The SMILES string of the molecule is COC(=O)[C@H](Cc1c2ccccc2cc2ccccc12)NC(=O)C(C)(c1ccccc1)c1ccccc1. The highest BCUT2D eigenvalue weighted by molar-refractivity contribution is 6.03. The Morgan fingerprint density at radius 2 is 1.19 bits per heavy atom. The van der Waals surface area contributed by atoms with E-state index in [1.54, 1.807) is 0 Å². The van der Waals surface area contributed by atoms with Crippen LogP contribution in [0.4, 0.5) is 0 Å². The monoisotopic (exact) mass is 487 g/mol. The van der Waals surface area contributed by atoms with Crippen LogP contribution < -0.4 is 5.32 Å². The van der Waals surface area contributed by atoms with Gasteiger partial charge in [0, 0.05) is 6.42 Å². The molecular formula is C33H29NO3. The summed E-state index contributed by atoms with van der Waals surface area (Å²) in [6.45, 7) is 1.90. The van der Waals surface area contributed by atoms with Crippen LogP contribution >= 0.6 is 0 Å². The molecule has 0 unspecified atom stereocenters. The zero-order chi connectivity index (χ0) is 25.8. The van der Waals surface area contributed by atoms with Crippen molar-refractivity contribution in [3.63, 3.8) is 0 Å². The maximum absolute atomic E-state index is 14.1. The summed E-state index contributed by atoms with van der Waals surface area (Å²) in [5.74, 6) is -0.737. The lowest BCUT2D eigenvalue weighted by atomic mass is 9.75. The number of nitrogens with one attached hydrogen (secondary N) is 1. The van der Waals surface area contributed by atoms with Crippen LogP contribution in [0.2, 0.25) is 0 Å². The number of carbonyl (C=O) groups excluding carboxylic acids is 2. The van der Waals surface area contributed by atoms with E-state index in [2.05, 4.69) is 35.6 Å². The van der Waals surface area contributed by atoms with E-state index >= 15 is 0 Å². The van der Waals surface area contributed by atoms with Crippen molar-refractivity contribution in [2.75, 3.05) is 7.11 Å². The highest BCUT2D eigenvalue weighted by Gasteiger charge is 2.39. The summed E-state index contributed by atoms with van der Waals surface area (Å²) in [6.07, 6.45) is 0.305. The van der Waals surface area contributed by atoms with Crippen LogP contribution in [0.5, 0.6) is 0 Å². The van der Waals surface area contributed by atoms with Crippen LogP contribution in [0.25, 0.3) is 21.5 Å². The van der Waals surface area contributed by atoms with Crippen LogP contribution in [0.15, 0.2) is 115 Å². The number of benzene rings is 5. The molecule has 0 radical (unpaired) electrons. The van der Waals surface area contributed by atoms with Gasteiger partial charge in [-0.25, -0.2) is 4.79 Å². The summed E-state index contributed by atoms with van der Waals surface area (Å²) in [6, 6.07) is 36.9. The van der Waals surface area contributed by atoms with E-state index in [-0.39, 0.29) is 5.91 Å². The highest BCUT2D eigenvalue weighted by Crippen LogP contribution is 2.33. The molecule has 1 amide bonds. The van der Waals surface area contributed by atoms with Crippen LogP contribution in [-0.2, 0) is 26.2 Å². The summed E-state index contributed by atoms with van der Waals surface area (Å²) < 4.78 is 5.18. The first-order valence-electron chi connectivity index (χ1n) is 12.4. The van der Waals surface area contributed by atoms with Crippen molar-refractivity contribution in [1.82, 2.24) is 5.32 Å². The molecule has 0 spiro atoms. The van der Waals surface area contributed by atoms with E-state index < -0.39 is 17.4 Å². The second-order valence-corrected chi connectivity index (χ2v) is 9.41. The average molecular weight is 488 g/mol. The van der Waals surface area contributed by atoms with Gasteiger partial charge in [0.15, 0.2) is 0 Å². The van der Waals surface area contributed by atoms with Gasteiger partial charge in [0.25, 0.3) is 0 Å². The molecule has 0 aliphatic rings. The molecule has 1 N–H and O–H groups in total. The number of hydrogen-bond acceptors (Lipinski definition) is 3. The first kappa shape index (κ1) is 24.3. The lowest BCUT2D eigenvalue weighted by Gasteiger charge is -2.31. The summed E-state index contributed by atoms with van der Waals surface area (Å²) >= 11 is 0. The van der Waals surface area contributed by atoms with Gasteiger partial charge in [-0.1, -0.05) is 109 Å². The predicted molar refractivity (Wildman–Crippen MR) is 148 cm³/mol. The van der Waals surface area contributed by atoms with E-state index in [0.29, 0.717) is 6.42 Å². The molecule has 0 aromatic heterocycles. The molecule has 37 heavy (non-hydrogen) atoms. The van der Waals surface area contributed by atoms with Crippen molar-refractivity contribution in [3.05, 3.63) is 132 Å². The molecule has 5 aromatic carbocycles. The first-order chi connectivity index (χ1) is 18.0. The molecule has 4 nitrogen and oxygen atoms in total. The minimum absolute atomic E-state index is 0.259. The molecule has 0 saturated carbocycles. The maximum atomic E-state index is 14.1. The number of ether oxygens (including phenoxy) is 1. The third-order valence-corrected chi connectivity index (χ3v) is 7.24. The number of carbonyl (C=O) groups is 2. The molecule has 5 aromatic rings. The van der Waals surface area contributed by atoms with Crippen molar-refractivity contribution in [2.24, 2.45) is 0 Å². The zero-order valence-corrected chi connectivity index (χ0v) is 21.0. The van der Waals surface area contributed by atoms with Crippen molar-refractivity contribution in [3.8, 4) is 0 Å². The molecule has 5 rings (SSSR count). The smallest absolute Gasteiger partial charge is 0.328 e. The predicted octanol–water partition coefficient (Wildman–Crippen LogP) is 6.20. The van der Waals surface area contributed by atoms with Gasteiger partial charge in [0.2, 0.25) is 5.91 Å². The van der Waals surface area contributed by atoms with E-state index in [0.717, 1.165) is 38.2 Å². The fourth-order valence-electron chi connectivity index (χ4n) is 5.14. The lowest BCUT2D eigenvalue weighted by Crippen LogP contribution is -2.51. The van der Waals surface area contributed by atoms with Gasteiger partial charge in [0.05, 0.1) is 12.5 Å². The Morgan fingerprint density at radius 3 is 1.68 bits per heavy atom. The van der Waals surface area contributed by atoms with Gasteiger partial charge in [-0.15, -0.1) is 0 Å². The standard InChI is InChI=1S/C33H29NO3/c1-33(25-15-5-3-6-16-25,26-17-7-4-8-18-26)32(36)34-30(31(35)37-2)22-29-27-19-11-9-13-23(27)21-24-14-10-12-20-28(24)29/h3-21,30H,22H2,1-2H3,(H,34,36)/t30-/m0/s1. The Bertz CT molecular complexity index is 1470. The molecule has 0 aliphatic heterocycles. The number of amides is 1. The summed E-state index contributed by atoms with van der Waals surface area (Å²) in [7, 11) is 1.36. The Kier molecular flexibility index (Phi) is 6.74. The normalized spacial score (nSPS) is 12.3. The molecule has 4 heteroatoms. The largest absolute Gasteiger partial charge is 0.467 e. The van der Waals surface area contributed by atoms with E-state index in [1.807, 2.05) is 91.9 Å². The quantitative estimate of drug-likeness (QED) is 0.220. The van der Waals surface area contributed by atoms with Gasteiger partial charge >= 0.3 is 5.97 Å². The number of esters is 1. The Hall–Kier alpha value is -4.44. The highest BCUT2D eigenvalue weighted by atomic mass is 16.5. The van der Waals surface area contributed by atoms with Crippen LogP contribution in [-0.4, -0.2) is 25.0 Å². The van der Waals surface area contributed by atoms with Gasteiger partial charge in [-0.2, -0.15) is 0 Å². The Morgan fingerprint density at radius 1 is 0.730 bits per heavy atom. The Labute approximate surface area is 216 Å². The number of rotatable bonds is 7. The maximum Gasteiger partial charge on any atom is 0.328 e. The molecule has 184 valence electrons. The lowest BCUT2D eigenvalue weighted by molar-refractivity contribution is -0.145. The summed E-state index contributed by atoms with van der Waals surface area (Å²) in [5.41, 5.74) is 1.69. The van der Waals surface area contributed by atoms with E-state index in [9.17, 15) is 9.59 Å². The first-order valence-corrected chi connectivity index (χ1v) is 12.4. The fourth-order valence-corrected chi connectivity index (χ4v) is 5.14. The summed E-state index contributed by atoms with van der Waals surface area (Å²) in [4.78, 5) is 27.2. The number of hydrogen-bond donors (Lipinski definition) is 1. The van der Waals surface area contributed by atoms with Gasteiger partial charge in [-0.05, 0) is 51.2 Å². The van der Waals surface area contributed by atoms with Gasteiger partial charge in [-0.3, -0.25) is 4.79 Å². The molecule has 0 aliphatic carbocycles.